The van der Waals surface area contributed by atoms with Crippen LogP contribution in [-0.2, 0) is 21.1 Å². The third-order valence-corrected chi connectivity index (χ3v) is 8.97. The Morgan fingerprint density at radius 3 is 2.62 bits per heavy atom. The molecule has 2 fully saturated rings. The molecule has 2 aliphatic heterocycles. The van der Waals surface area contributed by atoms with Crippen molar-refractivity contribution in [2.24, 2.45) is 4.99 Å². The number of halogens is 1. The number of ether oxygens (including phenoxy) is 2. The van der Waals surface area contributed by atoms with Gasteiger partial charge in [-0.05, 0) is 42.3 Å². The SMILES string of the molecule is COc1ccc(CC(=O)N=C2S[C@H]3CS(=O)(=O)C[C@H]3N2c2cc(Cl)ccc2C)cc1OC. The van der Waals surface area contributed by atoms with Crippen LogP contribution >= 0.6 is 23.4 Å². The summed E-state index contributed by atoms with van der Waals surface area (Å²) in [4.78, 5) is 19.1. The Kier molecular flexibility index (Phi) is 6.42. The Morgan fingerprint density at radius 1 is 1.16 bits per heavy atom. The zero-order valence-corrected chi connectivity index (χ0v) is 20.3. The summed E-state index contributed by atoms with van der Waals surface area (Å²) in [5.74, 6) is 0.891. The Morgan fingerprint density at radius 2 is 1.91 bits per heavy atom. The van der Waals surface area contributed by atoms with Gasteiger partial charge >= 0.3 is 0 Å². The number of nitrogens with zero attached hydrogens (tertiary/aromatic N) is 2. The van der Waals surface area contributed by atoms with Crippen molar-refractivity contribution in [3.05, 3.63) is 52.5 Å². The van der Waals surface area contributed by atoms with Crippen LogP contribution in [0.1, 0.15) is 11.1 Å². The topological polar surface area (TPSA) is 85.3 Å². The number of amides is 1. The molecule has 2 aromatic carbocycles. The fraction of sp³-hybridized carbons (Fsp3) is 0.364. The zero-order chi connectivity index (χ0) is 23.0. The Hall–Kier alpha value is -2.23. The number of anilines is 1. The summed E-state index contributed by atoms with van der Waals surface area (Å²) in [7, 11) is -0.0557. The normalized spacial score (nSPS) is 22.8. The highest BCUT2D eigenvalue weighted by Crippen LogP contribution is 2.42. The monoisotopic (exact) mass is 494 g/mol. The summed E-state index contributed by atoms with van der Waals surface area (Å²) in [6.07, 6.45) is 0.0837. The number of benzene rings is 2. The minimum absolute atomic E-state index is 0.0273. The standard InChI is InChI=1S/C22H23ClN2O5S2/c1-13-4-6-15(23)10-16(13)25-17-11-32(27,28)12-20(17)31-22(25)24-21(26)9-14-5-7-18(29-2)19(8-14)30-3/h4-8,10,17,20H,9,11-12H2,1-3H3/t17-,20+/m1/s1. The van der Waals surface area contributed by atoms with E-state index in [1.165, 1.54) is 18.9 Å². The van der Waals surface area contributed by atoms with Crippen molar-refractivity contribution >= 4 is 50.0 Å². The van der Waals surface area contributed by atoms with Gasteiger partial charge in [-0.1, -0.05) is 35.5 Å². The average Bonchev–Trinajstić information content (AvgIpc) is 3.20. The molecule has 0 aromatic heterocycles. The summed E-state index contributed by atoms with van der Waals surface area (Å²) in [5.41, 5.74) is 2.44. The van der Waals surface area contributed by atoms with Crippen LogP contribution in [0.5, 0.6) is 11.5 Å². The number of hydrogen-bond donors (Lipinski definition) is 0. The van der Waals surface area contributed by atoms with E-state index in [0.29, 0.717) is 21.7 Å². The van der Waals surface area contributed by atoms with E-state index in [9.17, 15) is 13.2 Å². The summed E-state index contributed by atoms with van der Waals surface area (Å²) in [6, 6.07) is 10.5. The molecule has 32 heavy (non-hydrogen) atoms. The first-order valence-electron chi connectivity index (χ1n) is 9.95. The van der Waals surface area contributed by atoms with E-state index < -0.39 is 9.84 Å². The molecule has 0 spiro atoms. The molecule has 2 aliphatic rings. The van der Waals surface area contributed by atoms with Crippen molar-refractivity contribution < 1.29 is 22.7 Å². The smallest absolute Gasteiger partial charge is 0.252 e. The summed E-state index contributed by atoms with van der Waals surface area (Å²) in [5, 5.41) is 0.868. The largest absolute Gasteiger partial charge is 0.493 e. The van der Waals surface area contributed by atoms with Crippen LogP contribution in [-0.4, -0.2) is 56.5 Å². The predicted molar refractivity (Wildman–Crippen MR) is 128 cm³/mol. The molecule has 7 nitrogen and oxygen atoms in total. The molecule has 0 bridgehead atoms. The van der Waals surface area contributed by atoms with Gasteiger partial charge in [-0.2, -0.15) is 4.99 Å². The van der Waals surface area contributed by atoms with Gasteiger partial charge in [0.1, 0.15) is 0 Å². The predicted octanol–water partition coefficient (Wildman–Crippen LogP) is 3.51. The number of fused-ring (bicyclic) bond motifs is 1. The highest BCUT2D eigenvalue weighted by molar-refractivity contribution is 8.16. The van der Waals surface area contributed by atoms with E-state index >= 15 is 0 Å². The molecule has 2 atom stereocenters. The minimum Gasteiger partial charge on any atom is -0.493 e. The van der Waals surface area contributed by atoms with Gasteiger partial charge in [0.05, 0.1) is 38.2 Å². The molecular formula is C22H23ClN2O5S2. The molecule has 2 saturated heterocycles. The van der Waals surface area contributed by atoms with Crippen LogP contribution in [0, 0.1) is 6.92 Å². The van der Waals surface area contributed by atoms with Crippen molar-refractivity contribution in [2.45, 2.75) is 24.6 Å². The summed E-state index contributed by atoms with van der Waals surface area (Å²) in [6.45, 7) is 1.93. The number of thioether (sulfide) groups is 1. The number of methoxy groups -OCH3 is 2. The maximum Gasteiger partial charge on any atom is 0.252 e. The second-order valence-electron chi connectivity index (χ2n) is 7.76. The van der Waals surface area contributed by atoms with E-state index in [0.717, 1.165) is 16.8 Å². The third-order valence-electron chi connectivity index (χ3n) is 5.52. The lowest BCUT2D eigenvalue weighted by Crippen LogP contribution is -2.38. The van der Waals surface area contributed by atoms with Gasteiger partial charge in [0, 0.05) is 16.0 Å². The quantitative estimate of drug-likeness (QED) is 0.628. The fourth-order valence-electron chi connectivity index (χ4n) is 4.00. The van der Waals surface area contributed by atoms with E-state index in [1.807, 2.05) is 17.9 Å². The Balaban J connectivity index is 1.65. The molecule has 0 radical (unpaired) electrons. The first-order chi connectivity index (χ1) is 15.2. The summed E-state index contributed by atoms with van der Waals surface area (Å²) >= 11 is 7.57. The average molecular weight is 495 g/mol. The lowest BCUT2D eigenvalue weighted by molar-refractivity contribution is -0.117. The van der Waals surface area contributed by atoms with Crippen LogP contribution in [0.15, 0.2) is 41.4 Å². The number of carbonyl (C=O) groups is 1. The van der Waals surface area contributed by atoms with Gasteiger partial charge < -0.3 is 14.4 Å². The highest BCUT2D eigenvalue weighted by atomic mass is 35.5. The third kappa shape index (κ3) is 4.60. The minimum atomic E-state index is -3.15. The first-order valence-corrected chi connectivity index (χ1v) is 13.0. The molecule has 2 heterocycles. The second-order valence-corrected chi connectivity index (χ2v) is 11.6. The molecule has 1 amide bonds. The number of rotatable bonds is 5. The molecule has 10 heteroatoms. The van der Waals surface area contributed by atoms with Crippen molar-refractivity contribution in [3.8, 4) is 11.5 Å². The van der Waals surface area contributed by atoms with Crippen LogP contribution in [0.3, 0.4) is 0 Å². The van der Waals surface area contributed by atoms with Gasteiger partial charge in [-0.25, -0.2) is 8.42 Å². The number of aliphatic imine (C=N–C) groups is 1. The van der Waals surface area contributed by atoms with E-state index in [2.05, 4.69) is 4.99 Å². The number of aryl methyl sites for hydroxylation is 1. The first kappa shape index (κ1) is 22.9. The number of carbonyl (C=O) groups excluding carboxylic acids is 1. The van der Waals surface area contributed by atoms with Crippen molar-refractivity contribution in [1.29, 1.82) is 0 Å². The van der Waals surface area contributed by atoms with Crippen LogP contribution in [0.4, 0.5) is 5.69 Å². The summed E-state index contributed by atoms with van der Waals surface area (Å²) < 4.78 is 35.1. The van der Waals surface area contributed by atoms with Gasteiger partial charge in [0.15, 0.2) is 26.5 Å². The van der Waals surface area contributed by atoms with E-state index in [4.69, 9.17) is 21.1 Å². The lowest BCUT2D eigenvalue weighted by atomic mass is 10.1. The molecule has 0 N–H and O–H groups in total. The van der Waals surface area contributed by atoms with E-state index in [-0.39, 0.29) is 35.1 Å². The molecule has 0 aliphatic carbocycles. The van der Waals surface area contributed by atoms with Gasteiger partial charge in [0.25, 0.3) is 5.91 Å². The van der Waals surface area contributed by atoms with E-state index in [1.54, 1.807) is 37.4 Å². The number of amidine groups is 1. The van der Waals surface area contributed by atoms with Crippen molar-refractivity contribution in [3.63, 3.8) is 0 Å². The van der Waals surface area contributed by atoms with Crippen LogP contribution in [0.25, 0.3) is 0 Å². The maximum atomic E-state index is 12.9. The van der Waals surface area contributed by atoms with Crippen LogP contribution in [0.2, 0.25) is 5.02 Å². The fourth-order valence-corrected chi connectivity index (χ4v) is 8.09. The van der Waals surface area contributed by atoms with Crippen LogP contribution < -0.4 is 14.4 Å². The van der Waals surface area contributed by atoms with Crippen molar-refractivity contribution in [2.75, 3.05) is 30.6 Å². The molecule has 0 unspecified atom stereocenters. The number of hydrogen-bond acceptors (Lipinski definition) is 6. The van der Waals surface area contributed by atoms with Crippen molar-refractivity contribution in [1.82, 2.24) is 0 Å². The zero-order valence-electron chi connectivity index (χ0n) is 17.9. The maximum absolute atomic E-state index is 12.9. The molecule has 2 aromatic rings. The second kappa shape index (κ2) is 8.96. The molecule has 0 saturated carbocycles. The van der Waals surface area contributed by atoms with Gasteiger partial charge in [0.2, 0.25) is 0 Å². The number of sulfone groups is 1. The van der Waals surface area contributed by atoms with Gasteiger partial charge in [-0.3, -0.25) is 4.79 Å². The molecular weight excluding hydrogens is 472 g/mol. The Labute approximate surface area is 196 Å². The lowest BCUT2D eigenvalue weighted by Gasteiger charge is -2.26. The molecule has 4 rings (SSSR count). The van der Waals surface area contributed by atoms with Gasteiger partial charge in [-0.15, -0.1) is 0 Å². The molecule has 170 valence electrons. The highest BCUT2D eigenvalue weighted by Gasteiger charge is 2.49. The Bertz CT molecular complexity index is 1200.